The van der Waals surface area contributed by atoms with Gasteiger partial charge in [0.2, 0.25) is 0 Å². The number of hydrogen-bond donors (Lipinski definition) is 0. The molecule has 1 aromatic carbocycles. The zero-order chi connectivity index (χ0) is 19.3. The Hall–Kier alpha value is -2.15. The third kappa shape index (κ3) is 4.52. The second-order valence-corrected chi connectivity index (χ2v) is 6.97. The molecular weight excluding hydrogens is 336 g/mol. The molecule has 0 spiro atoms. The predicted octanol–water partition coefficient (Wildman–Crippen LogP) is 3.51. The van der Waals surface area contributed by atoms with E-state index < -0.39 is 0 Å². The lowest BCUT2D eigenvalue weighted by Gasteiger charge is -2.39. The number of carbonyl (C=O) groups is 1. The van der Waals surface area contributed by atoms with E-state index in [2.05, 4.69) is 18.7 Å². The smallest absolute Gasteiger partial charge is 0.306 e. The topological polar surface area (TPSA) is 81.9 Å². The summed E-state index contributed by atoms with van der Waals surface area (Å²) in [4.78, 5) is 25.1. The summed E-state index contributed by atoms with van der Waals surface area (Å²) in [6.07, 6.45) is 0.924. The lowest BCUT2D eigenvalue weighted by atomic mass is 9.92. The van der Waals surface area contributed by atoms with Crippen LogP contribution in [0.15, 0.2) is 18.2 Å². The summed E-state index contributed by atoms with van der Waals surface area (Å²) < 4.78 is 10.3. The van der Waals surface area contributed by atoms with Crippen molar-refractivity contribution < 1.29 is 19.2 Å². The van der Waals surface area contributed by atoms with Gasteiger partial charge in [-0.3, -0.25) is 14.9 Å². The first-order valence-corrected chi connectivity index (χ1v) is 9.08. The molecule has 144 valence electrons. The number of hydrogen-bond acceptors (Lipinski definition) is 6. The third-order valence-corrected chi connectivity index (χ3v) is 5.05. The van der Waals surface area contributed by atoms with E-state index in [-0.39, 0.29) is 35.0 Å². The average molecular weight is 364 g/mol. The number of anilines is 1. The number of nitro groups is 1. The number of esters is 1. The monoisotopic (exact) mass is 364 g/mol. The van der Waals surface area contributed by atoms with E-state index in [0.29, 0.717) is 37.8 Å². The molecule has 1 aromatic rings. The van der Waals surface area contributed by atoms with Crippen LogP contribution in [-0.2, 0) is 14.3 Å². The number of nitrogens with zero attached hydrogens (tertiary/aromatic N) is 2. The molecule has 1 aliphatic rings. The van der Waals surface area contributed by atoms with Crippen LogP contribution in [0, 0.1) is 16.0 Å². The summed E-state index contributed by atoms with van der Waals surface area (Å²) in [5, 5.41) is 11.7. The van der Waals surface area contributed by atoms with E-state index in [9.17, 15) is 14.9 Å². The van der Waals surface area contributed by atoms with E-state index >= 15 is 0 Å². The van der Waals surface area contributed by atoms with Gasteiger partial charge in [0.05, 0.1) is 37.7 Å². The van der Waals surface area contributed by atoms with Gasteiger partial charge in [-0.05, 0) is 29.9 Å². The molecular formula is C19H28N2O5. The number of nitro benzene ring substituents is 1. The molecule has 2 atom stereocenters. The second-order valence-electron chi connectivity index (χ2n) is 6.97. The van der Waals surface area contributed by atoms with Crippen molar-refractivity contribution in [1.82, 2.24) is 0 Å². The number of methoxy groups -OCH3 is 1. The molecule has 7 nitrogen and oxygen atoms in total. The number of benzene rings is 1. The fourth-order valence-corrected chi connectivity index (χ4v) is 3.44. The maximum atomic E-state index is 11.7. The fraction of sp³-hybridized carbons (Fsp3) is 0.632. The van der Waals surface area contributed by atoms with Gasteiger partial charge in [-0.25, -0.2) is 0 Å². The maximum Gasteiger partial charge on any atom is 0.306 e. The van der Waals surface area contributed by atoms with Gasteiger partial charge in [0.15, 0.2) is 0 Å². The van der Waals surface area contributed by atoms with Crippen LogP contribution < -0.4 is 4.90 Å². The van der Waals surface area contributed by atoms with Crippen LogP contribution in [0.25, 0.3) is 0 Å². The van der Waals surface area contributed by atoms with Crippen molar-refractivity contribution in [1.29, 1.82) is 0 Å². The first kappa shape index (κ1) is 20.2. The molecule has 7 heteroatoms. The fourth-order valence-electron chi connectivity index (χ4n) is 3.44. The molecule has 1 heterocycles. The minimum atomic E-state index is -0.337. The van der Waals surface area contributed by atoms with Crippen molar-refractivity contribution in [2.75, 3.05) is 31.8 Å². The van der Waals surface area contributed by atoms with Gasteiger partial charge >= 0.3 is 5.97 Å². The quantitative estimate of drug-likeness (QED) is 0.418. The SMILES string of the molecule is CCC(CC(=O)OC)c1ccc(N2CCOC[C@H]2C(C)C)c([N+](=O)[O-])c1. The maximum absolute atomic E-state index is 11.7. The van der Waals surface area contributed by atoms with Crippen molar-refractivity contribution >= 4 is 17.3 Å². The second kappa shape index (κ2) is 8.98. The van der Waals surface area contributed by atoms with Gasteiger partial charge in [-0.1, -0.05) is 26.8 Å². The van der Waals surface area contributed by atoms with E-state index in [1.54, 1.807) is 6.07 Å². The lowest BCUT2D eigenvalue weighted by Crippen LogP contribution is -2.48. The van der Waals surface area contributed by atoms with E-state index in [1.807, 2.05) is 19.1 Å². The van der Waals surface area contributed by atoms with E-state index in [4.69, 9.17) is 9.47 Å². The summed E-state index contributed by atoms with van der Waals surface area (Å²) in [5.74, 6) is -0.0882. The highest BCUT2D eigenvalue weighted by atomic mass is 16.6. The van der Waals surface area contributed by atoms with Gasteiger partial charge in [0.25, 0.3) is 5.69 Å². The Morgan fingerprint density at radius 1 is 1.46 bits per heavy atom. The highest BCUT2D eigenvalue weighted by molar-refractivity contribution is 5.71. The Labute approximate surface area is 154 Å². The third-order valence-electron chi connectivity index (χ3n) is 5.05. The summed E-state index contributed by atoms with van der Waals surface area (Å²) in [5.41, 5.74) is 1.50. The Kier molecular flexibility index (Phi) is 6.97. The summed E-state index contributed by atoms with van der Waals surface area (Å²) in [7, 11) is 1.35. The molecule has 0 bridgehead atoms. The molecule has 1 fully saturated rings. The summed E-state index contributed by atoms with van der Waals surface area (Å²) >= 11 is 0. The molecule has 1 aliphatic heterocycles. The van der Waals surface area contributed by atoms with Gasteiger partial charge < -0.3 is 14.4 Å². The molecule has 0 radical (unpaired) electrons. The predicted molar refractivity (Wildman–Crippen MR) is 99.6 cm³/mol. The normalized spacial score (nSPS) is 18.7. The minimum absolute atomic E-state index is 0.0818. The first-order valence-electron chi connectivity index (χ1n) is 9.08. The minimum Gasteiger partial charge on any atom is -0.469 e. The molecule has 0 amide bonds. The van der Waals surface area contributed by atoms with Crippen LogP contribution in [0.4, 0.5) is 11.4 Å². The van der Waals surface area contributed by atoms with Gasteiger partial charge in [-0.15, -0.1) is 0 Å². The lowest BCUT2D eigenvalue weighted by molar-refractivity contribution is -0.384. The standard InChI is InChI=1S/C19H28N2O5/c1-5-14(11-19(22)25-4)15-6-7-16(17(10-15)21(23)24)20-8-9-26-12-18(20)13(2)3/h6-7,10,13-14,18H,5,8-9,11-12H2,1-4H3/t14?,18-/m0/s1. The van der Waals surface area contributed by atoms with Crippen molar-refractivity contribution in [3.63, 3.8) is 0 Å². The summed E-state index contributed by atoms with van der Waals surface area (Å²) in [6, 6.07) is 5.42. The Bertz CT molecular complexity index is 647. The highest BCUT2D eigenvalue weighted by Crippen LogP contribution is 2.36. The molecule has 0 saturated carbocycles. The van der Waals surface area contributed by atoms with E-state index in [0.717, 1.165) is 5.56 Å². The van der Waals surface area contributed by atoms with E-state index in [1.165, 1.54) is 7.11 Å². The van der Waals surface area contributed by atoms with Crippen LogP contribution in [0.2, 0.25) is 0 Å². The molecule has 1 unspecified atom stereocenters. The zero-order valence-corrected chi connectivity index (χ0v) is 15.9. The zero-order valence-electron chi connectivity index (χ0n) is 15.9. The van der Waals surface area contributed by atoms with Crippen molar-refractivity contribution in [3.8, 4) is 0 Å². The number of morpholine rings is 1. The molecule has 0 N–H and O–H groups in total. The largest absolute Gasteiger partial charge is 0.469 e. The Morgan fingerprint density at radius 3 is 2.77 bits per heavy atom. The number of ether oxygens (including phenoxy) is 2. The summed E-state index contributed by atoms with van der Waals surface area (Å²) in [6.45, 7) is 7.90. The molecule has 0 aliphatic carbocycles. The van der Waals surface area contributed by atoms with Crippen LogP contribution in [-0.4, -0.2) is 43.8 Å². The van der Waals surface area contributed by atoms with Crippen molar-refractivity contribution in [2.24, 2.45) is 5.92 Å². The van der Waals surface area contributed by atoms with Crippen LogP contribution >= 0.6 is 0 Å². The van der Waals surface area contributed by atoms with Crippen LogP contribution in [0.5, 0.6) is 0 Å². The van der Waals surface area contributed by atoms with Crippen molar-refractivity contribution in [3.05, 3.63) is 33.9 Å². The molecule has 0 aromatic heterocycles. The Morgan fingerprint density at radius 2 is 2.19 bits per heavy atom. The number of rotatable bonds is 7. The molecule has 2 rings (SSSR count). The van der Waals surface area contributed by atoms with Gasteiger partial charge in [0.1, 0.15) is 5.69 Å². The molecule has 1 saturated heterocycles. The average Bonchev–Trinajstić information content (AvgIpc) is 2.65. The van der Waals surface area contributed by atoms with Crippen LogP contribution in [0.1, 0.15) is 45.1 Å². The van der Waals surface area contributed by atoms with Crippen LogP contribution in [0.3, 0.4) is 0 Å². The first-order chi connectivity index (χ1) is 12.4. The van der Waals surface area contributed by atoms with Crippen molar-refractivity contribution in [2.45, 2.75) is 45.6 Å². The van der Waals surface area contributed by atoms with Gasteiger partial charge in [0, 0.05) is 12.6 Å². The van der Waals surface area contributed by atoms with Gasteiger partial charge in [-0.2, -0.15) is 0 Å². The molecule has 26 heavy (non-hydrogen) atoms. The Balaban J connectivity index is 2.39. The number of carbonyl (C=O) groups excluding carboxylic acids is 1. The highest BCUT2D eigenvalue weighted by Gasteiger charge is 2.31.